The summed E-state index contributed by atoms with van der Waals surface area (Å²) in [5, 5.41) is 0. The summed E-state index contributed by atoms with van der Waals surface area (Å²) in [5.74, 6) is -0.228. The van der Waals surface area contributed by atoms with Gasteiger partial charge in [0.05, 0.1) is 25.2 Å². The Kier molecular flexibility index (Phi) is 6.36. The first-order chi connectivity index (χ1) is 15.0. The molecule has 0 aliphatic carbocycles. The predicted molar refractivity (Wildman–Crippen MR) is 113 cm³/mol. The third-order valence-corrected chi connectivity index (χ3v) is 6.24. The molecule has 4 rings (SSSR count). The SMILES string of the molecule is CCCN(C)C(=O)C1CCN(C(=O)c2ncn3c2CO[C@H](c2ccc(F)cc2)C3)CC1. The van der Waals surface area contributed by atoms with E-state index >= 15 is 0 Å². The number of nitrogens with zero attached hydrogens (tertiary/aromatic N) is 4. The van der Waals surface area contributed by atoms with Crippen LogP contribution in [-0.4, -0.2) is 57.8 Å². The van der Waals surface area contributed by atoms with Crippen molar-refractivity contribution in [3.63, 3.8) is 0 Å². The minimum absolute atomic E-state index is 0.0173. The van der Waals surface area contributed by atoms with Crippen LogP contribution in [0.25, 0.3) is 0 Å². The fourth-order valence-electron chi connectivity index (χ4n) is 4.42. The van der Waals surface area contributed by atoms with Crippen molar-refractivity contribution in [2.75, 3.05) is 26.7 Å². The summed E-state index contributed by atoms with van der Waals surface area (Å²) in [5.41, 5.74) is 2.09. The van der Waals surface area contributed by atoms with Gasteiger partial charge < -0.3 is 19.1 Å². The van der Waals surface area contributed by atoms with E-state index < -0.39 is 0 Å². The van der Waals surface area contributed by atoms with Gasteiger partial charge in [0.25, 0.3) is 5.91 Å². The van der Waals surface area contributed by atoms with E-state index in [0.717, 1.165) is 24.2 Å². The minimum Gasteiger partial charge on any atom is -0.365 e. The van der Waals surface area contributed by atoms with Gasteiger partial charge in [0, 0.05) is 32.6 Å². The van der Waals surface area contributed by atoms with Gasteiger partial charge in [0.1, 0.15) is 11.9 Å². The van der Waals surface area contributed by atoms with E-state index in [1.165, 1.54) is 12.1 Å². The van der Waals surface area contributed by atoms with E-state index in [9.17, 15) is 14.0 Å². The molecule has 2 aliphatic rings. The topological polar surface area (TPSA) is 67.7 Å². The molecule has 166 valence electrons. The molecular weight excluding hydrogens is 399 g/mol. The molecule has 0 bridgehead atoms. The lowest BCUT2D eigenvalue weighted by Crippen LogP contribution is -2.44. The number of carbonyl (C=O) groups is 2. The van der Waals surface area contributed by atoms with Gasteiger partial charge >= 0.3 is 0 Å². The van der Waals surface area contributed by atoms with Crippen molar-refractivity contribution in [2.45, 2.75) is 45.4 Å². The zero-order chi connectivity index (χ0) is 22.0. The third kappa shape index (κ3) is 4.49. The Morgan fingerprint density at radius 1 is 1.23 bits per heavy atom. The number of hydrogen-bond donors (Lipinski definition) is 0. The molecule has 8 heteroatoms. The van der Waals surface area contributed by atoms with Gasteiger partial charge in [0.2, 0.25) is 5.91 Å². The maximum Gasteiger partial charge on any atom is 0.274 e. The van der Waals surface area contributed by atoms with Crippen molar-refractivity contribution in [1.82, 2.24) is 19.4 Å². The number of likely N-dealkylation sites (tertiary alicyclic amines) is 1. The predicted octanol–water partition coefficient (Wildman–Crippen LogP) is 3.01. The highest BCUT2D eigenvalue weighted by molar-refractivity contribution is 5.93. The molecule has 7 nitrogen and oxygen atoms in total. The second kappa shape index (κ2) is 9.18. The van der Waals surface area contributed by atoms with Crippen molar-refractivity contribution in [2.24, 2.45) is 5.92 Å². The molecule has 1 fully saturated rings. The molecule has 0 spiro atoms. The Bertz CT molecular complexity index is 935. The number of halogens is 1. The van der Waals surface area contributed by atoms with E-state index in [-0.39, 0.29) is 36.3 Å². The van der Waals surface area contributed by atoms with E-state index in [4.69, 9.17) is 4.74 Å². The van der Waals surface area contributed by atoms with Gasteiger partial charge in [-0.05, 0) is 37.0 Å². The summed E-state index contributed by atoms with van der Waals surface area (Å²) in [6.07, 6.45) is 3.77. The fourth-order valence-corrected chi connectivity index (χ4v) is 4.42. The Hall–Kier alpha value is -2.74. The van der Waals surface area contributed by atoms with Crippen LogP contribution in [0.4, 0.5) is 4.39 Å². The van der Waals surface area contributed by atoms with E-state index in [1.807, 2.05) is 11.6 Å². The van der Waals surface area contributed by atoms with Crippen LogP contribution in [0, 0.1) is 11.7 Å². The van der Waals surface area contributed by atoms with Crippen molar-refractivity contribution in [1.29, 1.82) is 0 Å². The molecule has 0 N–H and O–H groups in total. The molecule has 1 saturated heterocycles. The number of ether oxygens (including phenoxy) is 1. The maximum absolute atomic E-state index is 13.2. The second-order valence-corrected chi connectivity index (χ2v) is 8.37. The third-order valence-electron chi connectivity index (χ3n) is 6.24. The van der Waals surface area contributed by atoms with Crippen LogP contribution >= 0.6 is 0 Å². The van der Waals surface area contributed by atoms with Crippen LogP contribution in [0.15, 0.2) is 30.6 Å². The Balaban J connectivity index is 1.38. The zero-order valence-corrected chi connectivity index (χ0v) is 18.1. The highest BCUT2D eigenvalue weighted by Gasteiger charge is 2.32. The molecule has 2 amide bonds. The largest absolute Gasteiger partial charge is 0.365 e. The first-order valence-electron chi connectivity index (χ1n) is 10.9. The molecule has 0 radical (unpaired) electrons. The average molecular weight is 429 g/mol. The van der Waals surface area contributed by atoms with Gasteiger partial charge in [-0.1, -0.05) is 19.1 Å². The molecule has 2 aliphatic heterocycles. The molecule has 2 aromatic rings. The Morgan fingerprint density at radius 2 is 1.94 bits per heavy atom. The van der Waals surface area contributed by atoms with Gasteiger partial charge in [-0.2, -0.15) is 0 Å². The van der Waals surface area contributed by atoms with Crippen molar-refractivity contribution < 1.29 is 18.7 Å². The van der Waals surface area contributed by atoms with Gasteiger partial charge in [-0.3, -0.25) is 9.59 Å². The van der Waals surface area contributed by atoms with Crippen molar-refractivity contribution in [3.05, 3.63) is 53.4 Å². The number of hydrogen-bond acceptors (Lipinski definition) is 4. The standard InChI is InChI=1S/C23H29FN4O3/c1-3-10-26(2)22(29)17-8-11-27(12-9-17)23(30)21-19-14-31-20(13-28(19)15-25-21)16-4-6-18(24)7-5-16/h4-7,15,17,20H,3,8-14H2,1-2H3/t20-/m0/s1. The number of rotatable bonds is 5. The molecule has 1 aromatic heterocycles. The summed E-state index contributed by atoms with van der Waals surface area (Å²) in [6.45, 7) is 4.74. The van der Waals surface area contributed by atoms with E-state index in [0.29, 0.717) is 38.2 Å². The monoisotopic (exact) mass is 428 g/mol. The first-order valence-corrected chi connectivity index (χ1v) is 10.9. The first kappa shape index (κ1) is 21.5. The summed E-state index contributed by atoms with van der Waals surface area (Å²) in [4.78, 5) is 33.6. The number of aromatic nitrogens is 2. The quantitative estimate of drug-likeness (QED) is 0.734. The summed E-state index contributed by atoms with van der Waals surface area (Å²) in [7, 11) is 1.85. The number of piperidine rings is 1. The number of imidazole rings is 1. The zero-order valence-electron chi connectivity index (χ0n) is 18.1. The normalized spacial score (nSPS) is 19.2. The van der Waals surface area contributed by atoms with E-state index in [1.54, 1.807) is 28.3 Å². The summed E-state index contributed by atoms with van der Waals surface area (Å²) < 4.78 is 21.1. The number of fused-ring (bicyclic) bond motifs is 1. The van der Waals surface area contributed by atoms with Crippen LogP contribution in [0.3, 0.4) is 0 Å². The van der Waals surface area contributed by atoms with Crippen LogP contribution in [-0.2, 0) is 22.7 Å². The second-order valence-electron chi connectivity index (χ2n) is 8.37. The number of benzene rings is 1. The number of carbonyl (C=O) groups excluding carboxylic acids is 2. The lowest BCUT2D eigenvalue weighted by Gasteiger charge is -2.33. The fraction of sp³-hybridized carbons (Fsp3) is 0.522. The minimum atomic E-state index is -0.279. The summed E-state index contributed by atoms with van der Waals surface area (Å²) in [6, 6.07) is 6.28. The Labute approximate surface area is 181 Å². The van der Waals surface area contributed by atoms with Gasteiger partial charge in [-0.25, -0.2) is 9.37 Å². The van der Waals surface area contributed by atoms with Crippen LogP contribution < -0.4 is 0 Å². The molecule has 0 saturated carbocycles. The van der Waals surface area contributed by atoms with Crippen LogP contribution in [0.1, 0.15) is 54.0 Å². The Morgan fingerprint density at radius 3 is 2.61 bits per heavy atom. The summed E-state index contributed by atoms with van der Waals surface area (Å²) >= 11 is 0. The molecule has 1 atom stereocenters. The lowest BCUT2D eigenvalue weighted by atomic mass is 9.95. The molecular formula is C23H29FN4O3. The maximum atomic E-state index is 13.2. The van der Waals surface area contributed by atoms with Crippen molar-refractivity contribution >= 4 is 11.8 Å². The highest BCUT2D eigenvalue weighted by Crippen LogP contribution is 2.29. The van der Waals surface area contributed by atoms with Gasteiger partial charge in [-0.15, -0.1) is 0 Å². The van der Waals surface area contributed by atoms with Crippen LogP contribution in [0.5, 0.6) is 0 Å². The van der Waals surface area contributed by atoms with Crippen LogP contribution in [0.2, 0.25) is 0 Å². The molecule has 0 unspecified atom stereocenters. The molecule has 31 heavy (non-hydrogen) atoms. The highest BCUT2D eigenvalue weighted by atomic mass is 19.1. The van der Waals surface area contributed by atoms with E-state index in [2.05, 4.69) is 11.9 Å². The molecule has 3 heterocycles. The average Bonchev–Trinajstić information content (AvgIpc) is 3.22. The van der Waals surface area contributed by atoms with Crippen molar-refractivity contribution in [3.8, 4) is 0 Å². The van der Waals surface area contributed by atoms with Gasteiger partial charge in [0.15, 0.2) is 5.69 Å². The molecule has 1 aromatic carbocycles. The number of amides is 2. The lowest BCUT2D eigenvalue weighted by molar-refractivity contribution is -0.135. The smallest absolute Gasteiger partial charge is 0.274 e.